The number of amides is 1. The highest BCUT2D eigenvalue weighted by Gasteiger charge is 2.26. The second-order valence-corrected chi connectivity index (χ2v) is 7.21. The molecule has 3 heterocycles. The number of nitrogens with zero attached hydrogens (tertiary/aromatic N) is 4. The van der Waals surface area contributed by atoms with E-state index < -0.39 is 0 Å². The zero-order chi connectivity index (χ0) is 17.0. The molecule has 2 N–H and O–H groups in total. The molecule has 1 aromatic heterocycles. The molecule has 8 nitrogen and oxygen atoms in total. The van der Waals surface area contributed by atoms with Crippen LogP contribution in [-0.4, -0.2) is 77.3 Å². The highest BCUT2D eigenvalue weighted by Crippen LogP contribution is 2.17. The average molecular weight is 409 g/mol. The first-order valence-corrected chi connectivity index (χ1v) is 8.80. The molecular formula is C16H30Cl2N6O2. The summed E-state index contributed by atoms with van der Waals surface area (Å²) in [4.78, 5) is 14.5. The fraction of sp³-hybridized carbons (Fsp3) is 0.812. The van der Waals surface area contributed by atoms with Crippen LogP contribution in [0.4, 0.5) is 0 Å². The number of carbonyl (C=O) groups excluding carboxylic acids is 1. The predicted molar refractivity (Wildman–Crippen MR) is 104 cm³/mol. The summed E-state index contributed by atoms with van der Waals surface area (Å²) in [5.74, 6) is -0.150. The molecule has 26 heavy (non-hydrogen) atoms. The minimum Gasteiger partial charge on any atom is -0.373 e. The normalized spacial score (nSPS) is 20.7. The van der Waals surface area contributed by atoms with Crippen LogP contribution in [0.25, 0.3) is 0 Å². The lowest BCUT2D eigenvalue weighted by atomic mass is 10.1. The third kappa shape index (κ3) is 6.35. The van der Waals surface area contributed by atoms with Crippen molar-refractivity contribution in [3.8, 4) is 0 Å². The first-order valence-electron chi connectivity index (χ1n) is 8.80. The summed E-state index contributed by atoms with van der Waals surface area (Å²) in [7, 11) is 0. The standard InChI is InChI=1S/C16H28N6O2.2ClH/c1-16(2)12-21(9-10-24-16)8-7-18-15(23)14-11-22(20-19-14)13-3-5-17-6-4-13;;/h11,13,17H,3-10,12H2,1-2H3,(H,18,23);2*1H. The van der Waals surface area contributed by atoms with Gasteiger partial charge in [-0.3, -0.25) is 9.69 Å². The van der Waals surface area contributed by atoms with Gasteiger partial charge in [0.15, 0.2) is 5.69 Å². The number of piperidine rings is 1. The summed E-state index contributed by atoms with van der Waals surface area (Å²) in [6.45, 7) is 10.1. The van der Waals surface area contributed by atoms with E-state index in [1.165, 1.54) is 0 Å². The van der Waals surface area contributed by atoms with Crippen LogP contribution in [0.15, 0.2) is 6.20 Å². The van der Waals surface area contributed by atoms with E-state index in [1.807, 2.05) is 4.68 Å². The van der Waals surface area contributed by atoms with Gasteiger partial charge in [-0.15, -0.1) is 29.9 Å². The van der Waals surface area contributed by atoms with Crippen molar-refractivity contribution in [3.05, 3.63) is 11.9 Å². The second-order valence-electron chi connectivity index (χ2n) is 7.21. The zero-order valence-corrected chi connectivity index (χ0v) is 17.1. The Morgan fingerprint density at radius 2 is 2.12 bits per heavy atom. The molecule has 2 saturated heterocycles. The summed E-state index contributed by atoms with van der Waals surface area (Å²) >= 11 is 0. The largest absolute Gasteiger partial charge is 0.373 e. The van der Waals surface area contributed by atoms with Gasteiger partial charge in [-0.1, -0.05) is 5.21 Å². The van der Waals surface area contributed by atoms with Crippen molar-refractivity contribution in [3.63, 3.8) is 0 Å². The van der Waals surface area contributed by atoms with Crippen molar-refractivity contribution < 1.29 is 9.53 Å². The van der Waals surface area contributed by atoms with Crippen molar-refractivity contribution in [2.45, 2.75) is 38.3 Å². The molecule has 3 rings (SSSR count). The molecule has 0 saturated carbocycles. The van der Waals surface area contributed by atoms with Crippen molar-refractivity contribution in [2.75, 3.05) is 45.9 Å². The minimum atomic E-state index is -0.150. The van der Waals surface area contributed by atoms with Gasteiger partial charge >= 0.3 is 0 Å². The van der Waals surface area contributed by atoms with Crippen LogP contribution in [0.2, 0.25) is 0 Å². The lowest BCUT2D eigenvalue weighted by Crippen LogP contribution is -2.50. The summed E-state index contributed by atoms with van der Waals surface area (Å²) in [5.41, 5.74) is 0.288. The molecule has 10 heteroatoms. The number of ether oxygens (including phenoxy) is 1. The van der Waals surface area contributed by atoms with Crippen LogP contribution in [0.1, 0.15) is 43.2 Å². The Balaban J connectivity index is 0.00000169. The molecule has 0 spiro atoms. The maximum Gasteiger partial charge on any atom is 0.273 e. The Bertz CT molecular complexity index is 563. The molecule has 2 fully saturated rings. The van der Waals surface area contributed by atoms with E-state index in [9.17, 15) is 4.79 Å². The Hall–Kier alpha value is -0.930. The number of rotatable bonds is 5. The first-order chi connectivity index (χ1) is 11.5. The quantitative estimate of drug-likeness (QED) is 0.752. The number of halogens is 2. The van der Waals surface area contributed by atoms with Crippen molar-refractivity contribution in [2.24, 2.45) is 0 Å². The molecule has 1 aromatic rings. The van der Waals surface area contributed by atoms with Crippen LogP contribution >= 0.6 is 24.8 Å². The van der Waals surface area contributed by atoms with Gasteiger partial charge in [0.1, 0.15) is 0 Å². The molecular weight excluding hydrogens is 379 g/mol. The molecule has 2 aliphatic heterocycles. The Kier molecular flexibility index (Phi) is 9.26. The Morgan fingerprint density at radius 3 is 2.81 bits per heavy atom. The highest BCUT2D eigenvalue weighted by atomic mass is 35.5. The van der Waals surface area contributed by atoms with Crippen molar-refractivity contribution in [1.82, 2.24) is 30.5 Å². The fourth-order valence-electron chi connectivity index (χ4n) is 3.35. The van der Waals surface area contributed by atoms with Crippen LogP contribution < -0.4 is 10.6 Å². The number of carbonyl (C=O) groups is 1. The van der Waals surface area contributed by atoms with Crippen molar-refractivity contribution >= 4 is 30.7 Å². The maximum absolute atomic E-state index is 12.2. The number of aromatic nitrogens is 3. The fourth-order valence-corrected chi connectivity index (χ4v) is 3.35. The van der Waals surface area contributed by atoms with Gasteiger partial charge in [0, 0.05) is 26.2 Å². The van der Waals surface area contributed by atoms with E-state index in [4.69, 9.17) is 4.74 Å². The molecule has 0 aromatic carbocycles. The van der Waals surface area contributed by atoms with E-state index in [2.05, 4.69) is 39.7 Å². The van der Waals surface area contributed by atoms with E-state index in [1.54, 1.807) is 6.20 Å². The molecule has 0 aliphatic carbocycles. The molecule has 150 valence electrons. The number of hydrogen-bond acceptors (Lipinski definition) is 6. The van der Waals surface area contributed by atoms with Crippen LogP contribution in [0.5, 0.6) is 0 Å². The van der Waals surface area contributed by atoms with Gasteiger partial charge in [0.2, 0.25) is 0 Å². The van der Waals surface area contributed by atoms with Crippen LogP contribution in [0.3, 0.4) is 0 Å². The molecule has 0 unspecified atom stereocenters. The maximum atomic E-state index is 12.2. The number of hydrogen-bond donors (Lipinski definition) is 2. The van der Waals surface area contributed by atoms with Gasteiger partial charge < -0.3 is 15.4 Å². The third-order valence-corrected chi connectivity index (χ3v) is 4.64. The third-order valence-electron chi connectivity index (χ3n) is 4.64. The topological polar surface area (TPSA) is 84.3 Å². The minimum absolute atomic E-state index is 0. The monoisotopic (exact) mass is 408 g/mol. The molecule has 0 radical (unpaired) electrons. The van der Waals surface area contributed by atoms with Gasteiger partial charge in [-0.2, -0.15) is 0 Å². The number of nitrogens with one attached hydrogen (secondary N) is 2. The van der Waals surface area contributed by atoms with Gasteiger partial charge in [-0.25, -0.2) is 4.68 Å². The van der Waals surface area contributed by atoms with Crippen molar-refractivity contribution in [1.29, 1.82) is 0 Å². The van der Waals surface area contributed by atoms with E-state index in [-0.39, 0.29) is 36.3 Å². The summed E-state index contributed by atoms with van der Waals surface area (Å²) in [6.07, 6.45) is 3.82. The first kappa shape index (κ1) is 23.1. The zero-order valence-electron chi connectivity index (χ0n) is 15.4. The summed E-state index contributed by atoms with van der Waals surface area (Å²) in [5, 5.41) is 14.4. The lowest BCUT2D eigenvalue weighted by Gasteiger charge is -2.38. The number of morpholine rings is 1. The van der Waals surface area contributed by atoms with Gasteiger partial charge in [-0.05, 0) is 39.8 Å². The lowest BCUT2D eigenvalue weighted by molar-refractivity contribution is -0.0853. The SMILES string of the molecule is CC1(C)CN(CCNC(=O)c2cn(C3CCNCC3)nn2)CCO1.Cl.Cl. The van der Waals surface area contributed by atoms with Crippen LogP contribution in [-0.2, 0) is 4.74 Å². The van der Waals surface area contributed by atoms with Gasteiger partial charge in [0.05, 0.1) is 24.4 Å². The molecule has 0 bridgehead atoms. The Labute approximate surface area is 167 Å². The Morgan fingerprint density at radius 1 is 1.38 bits per heavy atom. The smallest absolute Gasteiger partial charge is 0.273 e. The molecule has 1 amide bonds. The van der Waals surface area contributed by atoms with Gasteiger partial charge in [0.25, 0.3) is 5.91 Å². The average Bonchev–Trinajstić information content (AvgIpc) is 3.05. The van der Waals surface area contributed by atoms with E-state index >= 15 is 0 Å². The summed E-state index contributed by atoms with van der Waals surface area (Å²) < 4.78 is 7.53. The second kappa shape index (κ2) is 10.4. The van der Waals surface area contributed by atoms with E-state index in [0.717, 1.165) is 52.2 Å². The predicted octanol–water partition coefficient (Wildman–Crippen LogP) is 0.887. The van der Waals surface area contributed by atoms with E-state index in [0.29, 0.717) is 18.3 Å². The highest BCUT2D eigenvalue weighted by molar-refractivity contribution is 5.91. The van der Waals surface area contributed by atoms with Crippen LogP contribution in [0, 0.1) is 0 Å². The molecule has 2 aliphatic rings. The summed E-state index contributed by atoms with van der Waals surface area (Å²) in [6, 6.07) is 0.343. The molecule has 0 atom stereocenters.